The average molecular weight is 462 g/mol. The standard InChI is InChI=1S/C27H35N5O2/c1-16(2)10-21-13-24(30-34-21)27-29-28-26(32(27)20-8-9-20)23-15-31(5)14-22(23)25(33)12-19-7-6-17(3)11-18(19)4/h6-7,11,13,16,20,22-23H,8-10,12,14-15H2,1-5H3/t22-,23-/m0/s1. The van der Waals surface area contributed by atoms with Crippen molar-refractivity contribution in [2.75, 3.05) is 20.1 Å². The molecule has 2 atom stereocenters. The van der Waals surface area contributed by atoms with Crippen LogP contribution in [0.3, 0.4) is 0 Å². The molecule has 0 spiro atoms. The van der Waals surface area contributed by atoms with E-state index in [0.29, 0.717) is 18.4 Å². The summed E-state index contributed by atoms with van der Waals surface area (Å²) in [4.78, 5) is 15.8. The molecular weight excluding hydrogens is 426 g/mol. The van der Waals surface area contributed by atoms with E-state index in [9.17, 15) is 4.79 Å². The number of aromatic nitrogens is 4. The number of rotatable bonds is 8. The van der Waals surface area contributed by atoms with Crippen molar-refractivity contribution in [2.45, 2.75) is 65.3 Å². The number of aryl methyl sites for hydroxylation is 2. The molecule has 0 bridgehead atoms. The van der Waals surface area contributed by atoms with Gasteiger partial charge in [-0.25, -0.2) is 0 Å². The van der Waals surface area contributed by atoms with E-state index in [1.165, 1.54) is 11.1 Å². The second-order valence-electron chi connectivity index (χ2n) is 10.8. The minimum atomic E-state index is -0.0888. The maximum atomic E-state index is 13.5. The van der Waals surface area contributed by atoms with E-state index in [-0.39, 0.29) is 17.6 Å². The van der Waals surface area contributed by atoms with E-state index in [2.05, 4.69) is 77.8 Å². The predicted molar refractivity (Wildman–Crippen MR) is 131 cm³/mol. The number of hydrogen-bond acceptors (Lipinski definition) is 6. The van der Waals surface area contributed by atoms with Crippen LogP contribution in [0.4, 0.5) is 0 Å². The van der Waals surface area contributed by atoms with Crippen LogP contribution in [0.15, 0.2) is 28.8 Å². The van der Waals surface area contributed by atoms with Crippen LogP contribution in [0.25, 0.3) is 11.5 Å². The third-order valence-corrected chi connectivity index (χ3v) is 7.14. The van der Waals surface area contributed by atoms with Gasteiger partial charge >= 0.3 is 0 Å². The molecule has 34 heavy (non-hydrogen) atoms. The molecule has 1 aromatic carbocycles. The number of hydrogen-bond donors (Lipinski definition) is 0. The molecule has 180 valence electrons. The van der Waals surface area contributed by atoms with Crippen molar-refractivity contribution in [1.82, 2.24) is 24.8 Å². The molecule has 5 rings (SSSR count). The molecule has 7 nitrogen and oxygen atoms in total. The summed E-state index contributed by atoms with van der Waals surface area (Å²) in [5.74, 6) is 3.30. The maximum absolute atomic E-state index is 13.5. The summed E-state index contributed by atoms with van der Waals surface area (Å²) in [5.41, 5.74) is 4.27. The molecule has 1 saturated heterocycles. The number of likely N-dealkylation sites (N-methyl/N-ethyl adjacent to an activating group) is 1. The van der Waals surface area contributed by atoms with Gasteiger partial charge in [-0.05, 0) is 50.8 Å². The highest BCUT2D eigenvalue weighted by Gasteiger charge is 2.42. The number of Topliss-reactive ketones (excluding diaryl/α,β-unsaturated/α-hetero) is 1. The molecule has 1 saturated carbocycles. The van der Waals surface area contributed by atoms with Crippen LogP contribution in [-0.4, -0.2) is 50.7 Å². The number of ketones is 1. The third kappa shape index (κ3) is 4.58. The van der Waals surface area contributed by atoms with E-state index < -0.39 is 0 Å². The normalized spacial score (nSPS) is 21.0. The molecule has 0 radical (unpaired) electrons. The second-order valence-corrected chi connectivity index (χ2v) is 10.8. The van der Waals surface area contributed by atoms with Crippen LogP contribution in [0.1, 0.15) is 66.9 Å². The largest absolute Gasteiger partial charge is 0.361 e. The van der Waals surface area contributed by atoms with Gasteiger partial charge in [0.15, 0.2) is 11.5 Å². The molecular formula is C27H35N5O2. The smallest absolute Gasteiger partial charge is 0.186 e. The van der Waals surface area contributed by atoms with Crippen molar-refractivity contribution in [2.24, 2.45) is 11.8 Å². The molecule has 1 aliphatic carbocycles. The Hall–Kier alpha value is -2.80. The van der Waals surface area contributed by atoms with E-state index >= 15 is 0 Å². The van der Waals surface area contributed by atoms with Crippen LogP contribution < -0.4 is 0 Å². The SMILES string of the molecule is Cc1ccc(CC(=O)[C@H]2CN(C)C[C@@H]2c2nnc(-c3cc(CC(C)C)on3)n2C2CC2)c(C)c1. The van der Waals surface area contributed by atoms with E-state index in [1.807, 2.05) is 6.07 Å². The Balaban J connectivity index is 1.44. The van der Waals surface area contributed by atoms with Crippen LogP contribution >= 0.6 is 0 Å². The molecule has 2 fully saturated rings. The molecule has 2 aliphatic rings. The fraction of sp³-hybridized carbons (Fsp3) is 0.556. The number of benzene rings is 1. The van der Waals surface area contributed by atoms with Gasteiger partial charge in [-0.1, -0.05) is 42.8 Å². The van der Waals surface area contributed by atoms with E-state index in [1.54, 1.807) is 0 Å². The minimum absolute atomic E-state index is 0.0344. The van der Waals surface area contributed by atoms with Gasteiger partial charge in [-0.3, -0.25) is 4.79 Å². The van der Waals surface area contributed by atoms with Gasteiger partial charge in [-0.15, -0.1) is 10.2 Å². The number of likely N-dealkylation sites (tertiary alicyclic amines) is 1. The zero-order chi connectivity index (χ0) is 24.0. The summed E-state index contributed by atoms with van der Waals surface area (Å²) in [6.45, 7) is 10.1. The van der Waals surface area contributed by atoms with Gasteiger partial charge in [0.2, 0.25) is 0 Å². The lowest BCUT2D eigenvalue weighted by Gasteiger charge is -2.19. The lowest BCUT2D eigenvalue weighted by molar-refractivity contribution is -0.122. The van der Waals surface area contributed by atoms with Crippen molar-refractivity contribution in [3.63, 3.8) is 0 Å². The van der Waals surface area contributed by atoms with Crippen LogP contribution in [0.2, 0.25) is 0 Å². The molecule has 3 aromatic rings. The molecule has 0 unspecified atom stereocenters. The first-order chi connectivity index (χ1) is 16.3. The highest BCUT2D eigenvalue weighted by atomic mass is 16.5. The Labute approximate surface area is 201 Å². The van der Waals surface area contributed by atoms with Crippen molar-refractivity contribution in [3.05, 3.63) is 52.5 Å². The maximum Gasteiger partial charge on any atom is 0.186 e. The van der Waals surface area contributed by atoms with Crippen molar-refractivity contribution >= 4 is 5.78 Å². The van der Waals surface area contributed by atoms with Gasteiger partial charge < -0.3 is 14.0 Å². The lowest BCUT2D eigenvalue weighted by Crippen LogP contribution is -2.25. The summed E-state index contributed by atoms with van der Waals surface area (Å²) in [5, 5.41) is 13.5. The number of nitrogens with zero attached hydrogens (tertiary/aromatic N) is 5. The summed E-state index contributed by atoms with van der Waals surface area (Å²) in [7, 11) is 2.09. The highest BCUT2D eigenvalue weighted by molar-refractivity contribution is 5.85. The Kier molecular flexibility index (Phi) is 6.15. The molecule has 3 heterocycles. The minimum Gasteiger partial charge on any atom is -0.361 e. The molecule has 0 amide bonds. The molecule has 1 aliphatic heterocycles. The first kappa shape index (κ1) is 23.0. The van der Waals surface area contributed by atoms with Crippen molar-refractivity contribution in [1.29, 1.82) is 0 Å². The fourth-order valence-electron chi connectivity index (χ4n) is 5.29. The van der Waals surface area contributed by atoms with Crippen molar-refractivity contribution in [3.8, 4) is 11.5 Å². The quantitative estimate of drug-likeness (QED) is 0.490. The Morgan fingerprint density at radius 1 is 1.15 bits per heavy atom. The van der Waals surface area contributed by atoms with Crippen LogP contribution in [0.5, 0.6) is 0 Å². The fourth-order valence-corrected chi connectivity index (χ4v) is 5.29. The zero-order valence-corrected chi connectivity index (χ0v) is 20.9. The second kappa shape index (κ2) is 9.10. The third-order valence-electron chi connectivity index (χ3n) is 7.14. The lowest BCUT2D eigenvalue weighted by atomic mass is 9.87. The topological polar surface area (TPSA) is 77.1 Å². The number of carbonyl (C=O) groups is 1. The highest BCUT2D eigenvalue weighted by Crippen LogP contribution is 2.43. The van der Waals surface area contributed by atoms with E-state index in [0.717, 1.165) is 61.0 Å². The summed E-state index contributed by atoms with van der Waals surface area (Å²) < 4.78 is 7.84. The molecule has 0 N–H and O–H groups in total. The Morgan fingerprint density at radius 3 is 2.65 bits per heavy atom. The Morgan fingerprint density at radius 2 is 1.94 bits per heavy atom. The predicted octanol–water partition coefficient (Wildman–Crippen LogP) is 4.54. The average Bonchev–Trinajstić information content (AvgIpc) is 3.16. The Bertz CT molecular complexity index is 1190. The van der Waals surface area contributed by atoms with E-state index in [4.69, 9.17) is 4.52 Å². The molecule has 7 heteroatoms. The van der Waals surface area contributed by atoms with Gasteiger partial charge in [0.1, 0.15) is 17.4 Å². The van der Waals surface area contributed by atoms with Crippen LogP contribution in [0, 0.1) is 25.7 Å². The summed E-state index contributed by atoms with van der Waals surface area (Å²) in [6.07, 6.45) is 3.53. The van der Waals surface area contributed by atoms with Gasteiger partial charge in [0.05, 0.1) is 0 Å². The van der Waals surface area contributed by atoms with Gasteiger partial charge in [0, 0.05) is 49.9 Å². The number of carbonyl (C=O) groups excluding carboxylic acids is 1. The van der Waals surface area contributed by atoms with Gasteiger partial charge in [-0.2, -0.15) is 0 Å². The van der Waals surface area contributed by atoms with Gasteiger partial charge in [0.25, 0.3) is 0 Å². The first-order valence-electron chi connectivity index (χ1n) is 12.5. The van der Waals surface area contributed by atoms with Crippen molar-refractivity contribution < 1.29 is 9.32 Å². The first-order valence-corrected chi connectivity index (χ1v) is 12.5. The molecule has 2 aromatic heterocycles. The zero-order valence-electron chi connectivity index (χ0n) is 20.9. The summed E-state index contributed by atoms with van der Waals surface area (Å²) >= 11 is 0. The summed E-state index contributed by atoms with van der Waals surface area (Å²) in [6, 6.07) is 8.72. The van der Waals surface area contributed by atoms with Crippen LogP contribution in [-0.2, 0) is 17.6 Å². The monoisotopic (exact) mass is 461 g/mol.